The Morgan fingerprint density at radius 2 is 1.82 bits per heavy atom. The topological polar surface area (TPSA) is 59.1 Å². The van der Waals surface area contributed by atoms with Gasteiger partial charge in [0.25, 0.3) is 5.91 Å². The predicted octanol–water partition coefficient (Wildman–Crippen LogP) is 4.30. The molecule has 0 aromatic heterocycles. The minimum atomic E-state index is -0.233. The van der Waals surface area contributed by atoms with E-state index in [1.807, 2.05) is 60.2 Å². The molecule has 2 aliphatic heterocycles. The molecular weight excluding hydrogens is 416 g/mol. The summed E-state index contributed by atoms with van der Waals surface area (Å²) in [4.78, 5) is 29.1. The van der Waals surface area contributed by atoms with Gasteiger partial charge in [-0.1, -0.05) is 24.3 Å². The normalized spacial score (nSPS) is 19.9. The number of methoxy groups -OCH3 is 1. The zero-order valence-electron chi connectivity index (χ0n) is 20.1. The van der Waals surface area contributed by atoms with Crippen LogP contribution < -0.4 is 4.74 Å². The highest BCUT2D eigenvalue weighted by Gasteiger charge is 2.42. The first-order valence-corrected chi connectivity index (χ1v) is 11.7. The Morgan fingerprint density at radius 3 is 2.45 bits per heavy atom. The van der Waals surface area contributed by atoms with Crippen LogP contribution in [0.2, 0.25) is 0 Å². The van der Waals surface area contributed by atoms with E-state index in [0.717, 1.165) is 53.7 Å². The Labute approximate surface area is 196 Å². The molecule has 2 saturated heterocycles. The fourth-order valence-corrected chi connectivity index (χ4v) is 5.18. The number of nitrogens with zero attached hydrogens (tertiary/aromatic N) is 2. The summed E-state index contributed by atoms with van der Waals surface area (Å²) in [6.45, 7) is 5.64. The largest absolute Gasteiger partial charge is 0.497 e. The van der Waals surface area contributed by atoms with Gasteiger partial charge in [0.15, 0.2) is 0 Å². The fourth-order valence-electron chi connectivity index (χ4n) is 5.18. The molecule has 6 heteroatoms. The van der Waals surface area contributed by atoms with E-state index in [1.165, 1.54) is 0 Å². The molecule has 0 aliphatic carbocycles. The number of hydrogen-bond donors (Lipinski definition) is 0. The number of rotatable bonds is 4. The highest BCUT2D eigenvalue weighted by Crippen LogP contribution is 2.37. The lowest BCUT2D eigenvalue weighted by atomic mass is 9.81. The second-order valence-electron chi connectivity index (χ2n) is 9.31. The van der Waals surface area contributed by atoms with Gasteiger partial charge in [0.05, 0.1) is 12.7 Å². The van der Waals surface area contributed by atoms with Crippen LogP contribution in [0.15, 0.2) is 42.5 Å². The van der Waals surface area contributed by atoms with E-state index < -0.39 is 0 Å². The lowest BCUT2D eigenvalue weighted by molar-refractivity contribution is -0.145. The van der Waals surface area contributed by atoms with Crippen LogP contribution in [-0.2, 0) is 9.53 Å². The van der Waals surface area contributed by atoms with Crippen LogP contribution in [0.5, 0.6) is 5.75 Å². The average Bonchev–Trinajstić information content (AvgIpc) is 2.84. The van der Waals surface area contributed by atoms with Crippen molar-refractivity contribution in [3.8, 4) is 16.9 Å². The van der Waals surface area contributed by atoms with Crippen molar-refractivity contribution in [1.82, 2.24) is 9.80 Å². The van der Waals surface area contributed by atoms with Crippen LogP contribution >= 0.6 is 0 Å². The summed E-state index contributed by atoms with van der Waals surface area (Å²) >= 11 is 0. The zero-order chi connectivity index (χ0) is 23.6. The lowest BCUT2D eigenvalue weighted by Gasteiger charge is -2.47. The molecule has 2 amide bonds. The number of benzene rings is 2. The van der Waals surface area contributed by atoms with E-state index in [1.54, 1.807) is 14.0 Å². The van der Waals surface area contributed by atoms with Gasteiger partial charge < -0.3 is 19.3 Å². The van der Waals surface area contributed by atoms with Crippen molar-refractivity contribution in [2.75, 3.05) is 33.9 Å². The Morgan fingerprint density at radius 1 is 1.12 bits per heavy atom. The average molecular weight is 451 g/mol. The van der Waals surface area contributed by atoms with Crippen LogP contribution in [0.25, 0.3) is 11.1 Å². The van der Waals surface area contributed by atoms with Gasteiger partial charge in [-0.05, 0) is 67.5 Å². The van der Waals surface area contributed by atoms with Crippen LogP contribution in [-0.4, -0.2) is 67.1 Å². The van der Waals surface area contributed by atoms with Crippen LogP contribution in [0.3, 0.4) is 0 Å². The number of carbonyl (C=O) groups excluding carboxylic acids is 2. The van der Waals surface area contributed by atoms with Gasteiger partial charge in [-0.25, -0.2) is 0 Å². The molecule has 1 spiro atoms. The van der Waals surface area contributed by atoms with Crippen LogP contribution in [0.4, 0.5) is 0 Å². The van der Waals surface area contributed by atoms with Crippen molar-refractivity contribution >= 4 is 11.8 Å². The molecule has 0 saturated carbocycles. The standard InChI is InChI=1S/C27H34N2O4/c1-19-24(21-8-10-23(32-4)11-9-21)6-5-7-25(19)26(31)29-15-13-27(14-16-29)18-22(12-17-33-27)28(3)20(2)30/h5-11,22H,12-18H2,1-4H3/t22-/m0/s1. The minimum absolute atomic E-state index is 0.0749. The molecule has 6 nitrogen and oxygen atoms in total. The Bertz CT molecular complexity index is 1010. The molecule has 33 heavy (non-hydrogen) atoms. The first-order valence-electron chi connectivity index (χ1n) is 11.7. The Kier molecular flexibility index (Phi) is 6.75. The second-order valence-corrected chi connectivity index (χ2v) is 9.31. The first-order chi connectivity index (χ1) is 15.8. The predicted molar refractivity (Wildman–Crippen MR) is 128 cm³/mol. The van der Waals surface area contributed by atoms with E-state index in [4.69, 9.17) is 9.47 Å². The summed E-state index contributed by atoms with van der Waals surface area (Å²) in [6.07, 6.45) is 3.32. The van der Waals surface area contributed by atoms with E-state index in [0.29, 0.717) is 19.7 Å². The molecule has 0 bridgehead atoms. The van der Waals surface area contributed by atoms with E-state index in [9.17, 15) is 9.59 Å². The third-order valence-electron chi connectivity index (χ3n) is 7.44. The van der Waals surface area contributed by atoms with Crippen LogP contribution in [0, 0.1) is 6.92 Å². The van der Waals surface area contributed by atoms with Crippen molar-refractivity contribution in [1.29, 1.82) is 0 Å². The number of ether oxygens (including phenoxy) is 2. The third kappa shape index (κ3) is 4.76. The SMILES string of the molecule is COc1ccc(-c2cccc(C(=O)N3CCC4(CC3)C[C@@H](N(C)C(C)=O)CCO4)c2C)cc1. The smallest absolute Gasteiger partial charge is 0.254 e. The Balaban J connectivity index is 1.46. The molecule has 2 aromatic carbocycles. The van der Waals surface area contributed by atoms with E-state index in [2.05, 4.69) is 6.07 Å². The molecule has 1 atom stereocenters. The molecule has 2 fully saturated rings. The van der Waals surface area contributed by atoms with E-state index >= 15 is 0 Å². The molecule has 176 valence electrons. The van der Waals surface area contributed by atoms with Crippen molar-refractivity contribution in [2.24, 2.45) is 0 Å². The maximum absolute atomic E-state index is 13.4. The van der Waals surface area contributed by atoms with Gasteiger partial charge in [-0.3, -0.25) is 9.59 Å². The van der Waals surface area contributed by atoms with Gasteiger partial charge in [0.1, 0.15) is 5.75 Å². The molecule has 2 heterocycles. The van der Waals surface area contributed by atoms with Gasteiger partial charge in [-0.15, -0.1) is 0 Å². The maximum Gasteiger partial charge on any atom is 0.254 e. The number of hydrogen-bond acceptors (Lipinski definition) is 4. The lowest BCUT2D eigenvalue weighted by Crippen LogP contribution is -2.54. The summed E-state index contributed by atoms with van der Waals surface area (Å²) in [6, 6.07) is 14.1. The second kappa shape index (κ2) is 9.56. The summed E-state index contributed by atoms with van der Waals surface area (Å²) < 4.78 is 11.5. The van der Waals surface area contributed by atoms with Gasteiger partial charge in [0, 0.05) is 45.3 Å². The summed E-state index contributed by atoms with van der Waals surface area (Å²) in [5.74, 6) is 0.982. The summed E-state index contributed by atoms with van der Waals surface area (Å²) in [5, 5.41) is 0. The Hall–Kier alpha value is -2.86. The van der Waals surface area contributed by atoms with Crippen molar-refractivity contribution < 1.29 is 19.1 Å². The monoisotopic (exact) mass is 450 g/mol. The van der Waals surface area contributed by atoms with E-state index in [-0.39, 0.29) is 23.5 Å². The summed E-state index contributed by atoms with van der Waals surface area (Å²) in [7, 11) is 3.53. The number of amides is 2. The molecule has 0 unspecified atom stereocenters. The fraction of sp³-hybridized carbons (Fsp3) is 0.481. The minimum Gasteiger partial charge on any atom is -0.497 e. The molecular formula is C27H34N2O4. The van der Waals surface area contributed by atoms with Gasteiger partial charge in [-0.2, -0.15) is 0 Å². The highest BCUT2D eigenvalue weighted by atomic mass is 16.5. The first kappa shape index (κ1) is 23.3. The molecule has 0 radical (unpaired) electrons. The third-order valence-corrected chi connectivity index (χ3v) is 7.44. The summed E-state index contributed by atoms with van der Waals surface area (Å²) in [5.41, 5.74) is 3.63. The quantitative estimate of drug-likeness (QED) is 0.697. The molecule has 2 aliphatic rings. The van der Waals surface area contributed by atoms with Gasteiger partial charge >= 0.3 is 0 Å². The molecule has 0 N–H and O–H groups in total. The number of likely N-dealkylation sites (tertiary alicyclic amines) is 1. The number of carbonyl (C=O) groups is 2. The molecule has 4 rings (SSSR count). The number of piperidine rings is 1. The maximum atomic E-state index is 13.4. The highest BCUT2D eigenvalue weighted by molar-refractivity contribution is 5.97. The zero-order valence-corrected chi connectivity index (χ0v) is 20.1. The van der Waals surface area contributed by atoms with Gasteiger partial charge in [0.2, 0.25) is 5.91 Å². The van der Waals surface area contributed by atoms with Crippen LogP contribution in [0.1, 0.15) is 48.5 Å². The van der Waals surface area contributed by atoms with Crippen molar-refractivity contribution in [3.63, 3.8) is 0 Å². The molecule has 2 aromatic rings. The van der Waals surface area contributed by atoms with Crippen molar-refractivity contribution in [2.45, 2.75) is 51.2 Å². The van der Waals surface area contributed by atoms with Crippen molar-refractivity contribution in [3.05, 3.63) is 53.6 Å².